The van der Waals surface area contributed by atoms with Gasteiger partial charge in [0.1, 0.15) is 0 Å². The van der Waals surface area contributed by atoms with Crippen molar-refractivity contribution in [3.8, 4) is 0 Å². The van der Waals surface area contributed by atoms with Crippen LogP contribution in [-0.4, -0.2) is 17.4 Å². The van der Waals surface area contributed by atoms with Gasteiger partial charge in [-0.05, 0) is 36.1 Å². The van der Waals surface area contributed by atoms with Gasteiger partial charge in [0, 0.05) is 17.7 Å². The van der Waals surface area contributed by atoms with E-state index in [0.717, 1.165) is 11.1 Å². The molecular formula is C19H20N2OS. The normalized spacial score (nSPS) is 12.7. The van der Waals surface area contributed by atoms with Crippen LogP contribution < -0.4 is 4.57 Å². The molecule has 1 aromatic heterocycles. The number of rotatable bonds is 6. The van der Waals surface area contributed by atoms with Crippen molar-refractivity contribution in [3.05, 3.63) is 78.1 Å². The lowest BCUT2D eigenvalue weighted by Crippen LogP contribution is -2.47. The lowest BCUT2D eigenvalue weighted by Gasteiger charge is -2.18. The van der Waals surface area contributed by atoms with E-state index in [1.54, 1.807) is 10.6 Å². The number of carbonyl (C=O) groups excluding carboxylic acids is 1. The third-order valence-electron chi connectivity index (χ3n) is 3.69. The van der Waals surface area contributed by atoms with Gasteiger partial charge in [0.2, 0.25) is 11.8 Å². The molecule has 0 aliphatic heterocycles. The quantitative estimate of drug-likeness (QED) is 0.204. The van der Waals surface area contributed by atoms with E-state index in [-0.39, 0.29) is 5.78 Å². The van der Waals surface area contributed by atoms with E-state index in [1.807, 2.05) is 62.6 Å². The summed E-state index contributed by atoms with van der Waals surface area (Å²) >= 11 is 5.40. The maximum atomic E-state index is 13.0. The number of carbonyl (C=O) groups is 1. The molecule has 1 heterocycles. The van der Waals surface area contributed by atoms with Crippen LogP contribution in [-0.2, 0) is 12.6 Å². The number of ketones is 1. The van der Waals surface area contributed by atoms with E-state index >= 15 is 0 Å². The summed E-state index contributed by atoms with van der Waals surface area (Å²) in [5.41, 5.74) is 2.89. The first-order valence-electron chi connectivity index (χ1n) is 7.44. The molecule has 1 atom stereocenters. The maximum absolute atomic E-state index is 13.0. The minimum absolute atomic E-state index is 0.0536. The molecule has 3 nitrogen and oxygen atoms in total. The number of Topliss-reactive ketones (excluding diaryl/α,β-unsaturated/α-hetero) is 1. The zero-order chi connectivity index (χ0) is 16.8. The van der Waals surface area contributed by atoms with Crippen LogP contribution in [0.25, 0.3) is 0 Å². The van der Waals surface area contributed by atoms with Crippen molar-refractivity contribution in [2.45, 2.75) is 19.9 Å². The van der Waals surface area contributed by atoms with Crippen LogP contribution in [0.1, 0.15) is 27.5 Å². The summed E-state index contributed by atoms with van der Waals surface area (Å²) in [4.78, 5) is 17.3. The molecule has 0 aliphatic carbocycles. The highest BCUT2D eigenvalue weighted by Gasteiger charge is 2.28. The average Bonchev–Trinajstić information content (AvgIpc) is 2.56. The number of nitrogens with zero attached hydrogens (tertiary/aromatic N) is 2. The summed E-state index contributed by atoms with van der Waals surface area (Å²) in [7, 11) is 0. The predicted octanol–water partition coefficient (Wildman–Crippen LogP) is 3.15. The number of aliphatic imine (C=N–C) groups is 1. The van der Waals surface area contributed by atoms with Gasteiger partial charge in [-0.3, -0.25) is 4.79 Å². The Morgan fingerprint density at radius 1 is 1.26 bits per heavy atom. The van der Waals surface area contributed by atoms with E-state index in [9.17, 15) is 4.79 Å². The Hall–Kier alpha value is -2.33. The fraction of sp³-hybridized carbons (Fsp3) is 0.211. The molecular weight excluding hydrogens is 304 g/mol. The largest absolute Gasteiger partial charge is 0.758 e. The predicted molar refractivity (Wildman–Crippen MR) is 95.8 cm³/mol. The first kappa shape index (κ1) is 17.0. The number of hydrogen-bond acceptors (Lipinski definition) is 3. The summed E-state index contributed by atoms with van der Waals surface area (Å²) in [5, 5.41) is 0.365. The van der Waals surface area contributed by atoms with Crippen LogP contribution in [0.2, 0.25) is 0 Å². The van der Waals surface area contributed by atoms with Gasteiger partial charge in [-0.1, -0.05) is 24.3 Å². The van der Waals surface area contributed by atoms with E-state index in [1.165, 1.54) is 0 Å². The fourth-order valence-corrected chi connectivity index (χ4v) is 2.56. The first-order valence-corrected chi connectivity index (χ1v) is 7.85. The van der Waals surface area contributed by atoms with Gasteiger partial charge in [-0.15, -0.1) is 6.58 Å². The highest BCUT2D eigenvalue weighted by molar-refractivity contribution is 7.77. The lowest BCUT2D eigenvalue weighted by atomic mass is 9.99. The number of benzene rings is 1. The highest BCUT2D eigenvalue weighted by atomic mass is 32.1. The molecule has 118 valence electrons. The molecule has 2 aromatic rings. The molecule has 0 N–H and O–H groups in total. The number of hydrogen-bond donors (Lipinski definition) is 0. The van der Waals surface area contributed by atoms with Crippen LogP contribution in [0.5, 0.6) is 0 Å². The van der Waals surface area contributed by atoms with E-state index in [2.05, 4.69) is 11.6 Å². The Kier molecular flexibility index (Phi) is 5.77. The summed E-state index contributed by atoms with van der Waals surface area (Å²) in [6, 6.07) is 10.7. The average molecular weight is 324 g/mol. The molecule has 0 spiro atoms. The van der Waals surface area contributed by atoms with Crippen molar-refractivity contribution in [2.75, 3.05) is 6.54 Å². The molecule has 0 amide bonds. The van der Waals surface area contributed by atoms with Gasteiger partial charge in [0.15, 0.2) is 12.4 Å². The van der Waals surface area contributed by atoms with Crippen LogP contribution in [0, 0.1) is 13.8 Å². The first-order chi connectivity index (χ1) is 11.0. The Labute approximate surface area is 142 Å². The molecule has 0 unspecified atom stereocenters. The lowest BCUT2D eigenvalue weighted by molar-refractivity contribution is -0.691. The monoisotopic (exact) mass is 324 g/mol. The fourth-order valence-electron chi connectivity index (χ4n) is 2.25. The van der Waals surface area contributed by atoms with E-state index in [0.29, 0.717) is 17.2 Å². The molecule has 0 saturated heterocycles. The standard InChI is InChI=1S/C19H20N2OS/c1-4-10-20-19(23)17(21-11-6-5-7-12-21)18(22)16-9-8-14(2)15(3)13-16/h4-9,11-13,17H,1,10H2,2-3H3/t17-/m1/s1. The van der Waals surface area contributed by atoms with Gasteiger partial charge < -0.3 is 17.6 Å². The Morgan fingerprint density at radius 2 is 1.96 bits per heavy atom. The van der Waals surface area contributed by atoms with Crippen molar-refractivity contribution >= 4 is 23.5 Å². The van der Waals surface area contributed by atoms with Gasteiger partial charge in [-0.2, -0.15) is 4.57 Å². The smallest absolute Gasteiger partial charge is 0.237 e. The second-order valence-electron chi connectivity index (χ2n) is 5.36. The van der Waals surface area contributed by atoms with Gasteiger partial charge >= 0.3 is 0 Å². The minimum Gasteiger partial charge on any atom is -0.758 e. The maximum Gasteiger partial charge on any atom is 0.237 e. The number of aromatic nitrogens is 1. The van der Waals surface area contributed by atoms with E-state index in [4.69, 9.17) is 12.6 Å². The molecule has 0 bridgehead atoms. The van der Waals surface area contributed by atoms with Crippen molar-refractivity contribution in [2.24, 2.45) is 4.99 Å². The van der Waals surface area contributed by atoms with Gasteiger partial charge in [0.25, 0.3) is 0 Å². The third-order valence-corrected chi connectivity index (χ3v) is 4.04. The second-order valence-corrected chi connectivity index (χ2v) is 5.77. The van der Waals surface area contributed by atoms with Crippen LogP contribution >= 0.6 is 0 Å². The third kappa shape index (κ3) is 4.11. The summed E-state index contributed by atoms with van der Waals surface area (Å²) < 4.78 is 1.80. The Morgan fingerprint density at radius 3 is 2.57 bits per heavy atom. The van der Waals surface area contributed by atoms with Crippen LogP contribution in [0.3, 0.4) is 0 Å². The highest BCUT2D eigenvalue weighted by Crippen LogP contribution is 2.15. The number of aryl methyl sites for hydroxylation is 2. The Bertz CT molecular complexity index is 738. The van der Waals surface area contributed by atoms with Crippen molar-refractivity contribution in [1.82, 2.24) is 0 Å². The van der Waals surface area contributed by atoms with E-state index < -0.39 is 6.04 Å². The Balaban J connectivity index is 2.46. The SMILES string of the molecule is C=CCN=C([S-])[C@@H](C(=O)c1ccc(C)c(C)c1)[n+]1ccccc1. The number of pyridine rings is 1. The van der Waals surface area contributed by atoms with Gasteiger partial charge in [0.05, 0.1) is 6.54 Å². The molecule has 0 saturated carbocycles. The molecule has 1 aromatic carbocycles. The van der Waals surface area contributed by atoms with Crippen molar-refractivity contribution in [1.29, 1.82) is 0 Å². The molecule has 0 aliphatic rings. The molecule has 0 fully saturated rings. The summed E-state index contributed by atoms with van der Waals surface area (Å²) in [5.74, 6) is -0.0536. The molecule has 0 radical (unpaired) electrons. The second kappa shape index (κ2) is 7.79. The van der Waals surface area contributed by atoms with Crippen LogP contribution in [0.15, 0.2) is 66.4 Å². The zero-order valence-corrected chi connectivity index (χ0v) is 14.2. The molecule has 4 heteroatoms. The topological polar surface area (TPSA) is 33.3 Å². The van der Waals surface area contributed by atoms with Crippen molar-refractivity contribution < 1.29 is 9.36 Å². The summed E-state index contributed by atoms with van der Waals surface area (Å²) in [6.45, 7) is 8.07. The van der Waals surface area contributed by atoms with Gasteiger partial charge in [-0.25, -0.2) is 0 Å². The minimum atomic E-state index is -0.617. The summed E-state index contributed by atoms with van der Waals surface area (Å²) in [6.07, 6.45) is 5.33. The van der Waals surface area contributed by atoms with Crippen LogP contribution in [0.4, 0.5) is 0 Å². The zero-order valence-electron chi connectivity index (χ0n) is 13.4. The molecule has 2 rings (SSSR count). The molecule has 23 heavy (non-hydrogen) atoms. The van der Waals surface area contributed by atoms with Crippen molar-refractivity contribution in [3.63, 3.8) is 0 Å².